The maximum atomic E-state index is 15.1. The van der Waals surface area contributed by atoms with Gasteiger partial charge in [0.2, 0.25) is 5.95 Å². The molecule has 0 unspecified atom stereocenters. The molecule has 32 heavy (non-hydrogen) atoms. The number of rotatable bonds is 2. The van der Waals surface area contributed by atoms with Gasteiger partial charge in [-0.15, -0.1) is 0 Å². The standard InChI is InChI=1S/C24H15Cl2FN4O/c25-14-5-3-4-13(10-14)23-20-21(17-11-15(26)8-9-19(17)32-23)30-24-28-12-29-31(24)22(20)16-6-1-2-7-18(16)27/h1-12,22-23H,(H,28,29,30)/t22-,23+/m0/s1. The summed E-state index contributed by atoms with van der Waals surface area (Å²) in [6.45, 7) is 0. The van der Waals surface area contributed by atoms with Crippen molar-refractivity contribution in [3.05, 3.63) is 111 Å². The van der Waals surface area contributed by atoms with Crippen molar-refractivity contribution in [2.75, 3.05) is 5.32 Å². The predicted molar refractivity (Wildman–Crippen MR) is 121 cm³/mol. The Labute approximate surface area is 193 Å². The molecule has 4 aromatic rings. The fraction of sp³-hybridized carbons (Fsp3) is 0.0833. The van der Waals surface area contributed by atoms with Crippen molar-refractivity contribution in [3.63, 3.8) is 0 Å². The number of hydrogen-bond acceptors (Lipinski definition) is 4. The van der Waals surface area contributed by atoms with Gasteiger partial charge in [0, 0.05) is 26.7 Å². The number of nitrogens with one attached hydrogen (secondary N) is 1. The molecule has 158 valence electrons. The van der Waals surface area contributed by atoms with E-state index in [1.807, 2.05) is 30.3 Å². The Morgan fingerprint density at radius 1 is 0.969 bits per heavy atom. The Kier molecular flexibility index (Phi) is 4.45. The molecule has 0 bridgehead atoms. The molecule has 0 saturated carbocycles. The summed E-state index contributed by atoms with van der Waals surface area (Å²) in [6, 6.07) is 19.0. The van der Waals surface area contributed by atoms with E-state index in [1.54, 1.807) is 35.0 Å². The van der Waals surface area contributed by atoms with Crippen LogP contribution in [0.2, 0.25) is 10.0 Å². The minimum Gasteiger partial charge on any atom is -0.480 e. The molecular weight excluding hydrogens is 450 g/mol. The number of hydrogen-bond donors (Lipinski definition) is 1. The maximum absolute atomic E-state index is 15.1. The first kappa shape index (κ1) is 19.3. The molecule has 0 radical (unpaired) electrons. The van der Waals surface area contributed by atoms with Crippen molar-refractivity contribution in [2.45, 2.75) is 12.1 Å². The number of anilines is 1. The average molecular weight is 465 g/mol. The van der Waals surface area contributed by atoms with E-state index >= 15 is 4.39 Å². The second kappa shape index (κ2) is 7.36. The molecule has 0 spiro atoms. The molecule has 0 aliphatic carbocycles. The first-order chi connectivity index (χ1) is 15.6. The molecule has 0 amide bonds. The predicted octanol–water partition coefficient (Wildman–Crippen LogP) is 6.28. The molecule has 3 aromatic carbocycles. The van der Waals surface area contributed by atoms with Crippen LogP contribution in [0.4, 0.5) is 10.3 Å². The summed E-state index contributed by atoms with van der Waals surface area (Å²) in [5.74, 6) is 0.829. The van der Waals surface area contributed by atoms with Crippen LogP contribution in [0.5, 0.6) is 5.75 Å². The molecule has 0 saturated heterocycles. The van der Waals surface area contributed by atoms with E-state index in [0.29, 0.717) is 27.3 Å². The average Bonchev–Trinajstić information content (AvgIpc) is 3.26. The van der Waals surface area contributed by atoms with E-state index in [-0.39, 0.29) is 5.82 Å². The van der Waals surface area contributed by atoms with E-state index < -0.39 is 12.1 Å². The number of benzene rings is 3. The van der Waals surface area contributed by atoms with Gasteiger partial charge in [-0.1, -0.05) is 53.5 Å². The van der Waals surface area contributed by atoms with Gasteiger partial charge in [0.15, 0.2) is 0 Å². The summed E-state index contributed by atoms with van der Waals surface area (Å²) >= 11 is 12.6. The zero-order chi connectivity index (χ0) is 21.8. The molecule has 2 aliphatic heterocycles. The van der Waals surface area contributed by atoms with Crippen molar-refractivity contribution >= 4 is 34.8 Å². The largest absolute Gasteiger partial charge is 0.480 e. The first-order valence-electron chi connectivity index (χ1n) is 9.97. The summed E-state index contributed by atoms with van der Waals surface area (Å²) in [4.78, 5) is 4.35. The van der Waals surface area contributed by atoms with E-state index in [4.69, 9.17) is 27.9 Å². The van der Waals surface area contributed by atoms with Gasteiger partial charge in [-0.25, -0.2) is 9.07 Å². The maximum Gasteiger partial charge on any atom is 0.226 e. The number of ether oxygens (including phenoxy) is 1. The van der Waals surface area contributed by atoms with Crippen LogP contribution in [0.1, 0.15) is 28.8 Å². The van der Waals surface area contributed by atoms with Crippen LogP contribution in [0.15, 0.2) is 78.6 Å². The first-order valence-corrected chi connectivity index (χ1v) is 10.7. The SMILES string of the molecule is Fc1ccccc1[C@H]1C2=C(Nc3ncnn31)c1cc(Cl)ccc1O[C@@H]2c1cccc(Cl)c1. The zero-order valence-corrected chi connectivity index (χ0v) is 18.0. The highest BCUT2D eigenvalue weighted by molar-refractivity contribution is 6.31. The Balaban J connectivity index is 1.67. The fourth-order valence-corrected chi connectivity index (χ4v) is 4.75. The van der Waals surface area contributed by atoms with Crippen molar-refractivity contribution in [2.24, 2.45) is 0 Å². The van der Waals surface area contributed by atoms with Gasteiger partial charge in [-0.3, -0.25) is 0 Å². The third kappa shape index (κ3) is 2.98. The molecule has 0 fully saturated rings. The van der Waals surface area contributed by atoms with E-state index in [0.717, 1.165) is 22.4 Å². The summed E-state index contributed by atoms with van der Waals surface area (Å²) < 4.78 is 23.3. The van der Waals surface area contributed by atoms with Gasteiger partial charge >= 0.3 is 0 Å². The van der Waals surface area contributed by atoms with Gasteiger partial charge in [-0.05, 0) is 42.0 Å². The lowest BCUT2D eigenvalue weighted by atomic mass is 9.84. The molecule has 5 nitrogen and oxygen atoms in total. The van der Waals surface area contributed by atoms with Gasteiger partial charge in [0.1, 0.15) is 30.0 Å². The fourth-order valence-electron chi connectivity index (χ4n) is 4.38. The van der Waals surface area contributed by atoms with Crippen molar-refractivity contribution in [1.29, 1.82) is 0 Å². The molecule has 1 aromatic heterocycles. The van der Waals surface area contributed by atoms with Crippen LogP contribution in [0.25, 0.3) is 5.70 Å². The van der Waals surface area contributed by atoms with Crippen LogP contribution in [-0.2, 0) is 0 Å². The Morgan fingerprint density at radius 3 is 2.66 bits per heavy atom. The summed E-state index contributed by atoms with van der Waals surface area (Å²) in [5.41, 5.74) is 3.66. The van der Waals surface area contributed by atoms with Crippen LogP contribution in [0.3, 0.4) is 0 Å². The second-order valence-corrected chi connectivity index (χ2v) is 8.47. The van der Waals surface area contributed by atoms with E-state index in [1.165, 1.54) is 12.4 Å². The molecule has 3 heterocycles. The number of nitrogens with zero attached hydrogens (tertiary/aromatic N) is 3. The second-order valence-electron chi connectivity index (χ2n) is 7.60. The highest BCUT2D eigenvalue weighted by Gasteiger charge is 2.41. The monoisotopic (exact) mass is 464 g/mol. The van der Waals surface area contributed by atoms with Crippen LogP contribution >= 0.6 is 23.2 Å². The lowest BCUT2D eigenvalue weighted by Crippen LogP contribution is -2.32. The molecule has 2 atom stereocenters. The highest BCUT2D eigenvalue weighted by Crippen LogP contribution is 2.51. The lowest BCUT2D eigenvalue weighted by molar-refractivity contribution is 0.222. The normalized spacial score (nSPS) is 18.8. The van der Waals surface area contributed by atoms with Crippen molar-refractivity contribution in [1.82, 2.24) is 14.8 Å². The van der Waals surface area contributed by atoms with Crippen molar-refractivity contribution < 1.29 is 9.13 Å². The zero-order valence-electron chi connectivity index (χ0n) is 16.5. The molecule has 8 heteroatoms. The van der Waals surface area contributed by atoms with E-state index in [2.05, 4.69) is 15.4 Å². The van der Waals surface area contributed by atoms with Gasteiger partial charge in [-0.2, -0.15) is 10.1 Å². The molecule has 1 N–H and O–H groups in total. The Hall–Kier alpha value is -3.35. The van der Waals surface area contributed by atoms with Gasteiger partial charge in [0.25, 0.3) is 0 Å². The molecule has 6 rings (SSSR count). The topological polar surface area (TPSA) is 52.0 Å². The minimum absolute atomic E-state index is 0.338. The molecular formula is C24H15Cl2FN4O. The number of aromatic nitrogens is 3. The van der Waals surface area contributed by atoms with Crippen LogP contribution in [-0.4, -0.2) is 14.8 Å². The third-order valence-electron chi connectivity index (χ3n) is 5.73. The van der Waals surface area contributed by atoms with Gasteiger partial charge in [0.05, 0.1) is 5.70 Å². The summed E-state index contributed by atoms with van der Waals surface area (Å²) in [6.07, 6.45) is 0.912. The minimum atomic E-state index is -0.582. The number of fused-ring (bicyclic) bond motifs is 3. The van der Waals surface area contributed by atoms with Crippen LogP contribution in [0, 0.1) is 5.82 Å². The quantitative estimate of drug-likeness (QED) is 0.379. The van der Waals surface area contributed by atoms with Crippen molar-refractivity contribution in [3.8, 4) is 5.75 Å². The Morgan fingerprint density at radius 2 is 1.81 bits per heavy atom. The molecule has 2 aliphatic rings. The highest BCUT2D eigenvalue weighted by atomic mass is 35.5. The smallest absolute Gasteiger partial charge is 0.226 e. The summed E-state index contributed by atoms with van der Waals surface area (Å²) in [5, 5.41) is 8.92. The van der Waals surface area contributed by atoms with Gasteiger partial charge < -0.3 is 10.1 Å². The lowest BCUT2D eigenvalue weighted by Gasteiger charge is -2.39. The van der Waals surface area contributed by atoms with Crippen LogP contribution < -0.4 is 10.1 Å². The Bertz CT molecular complexity index is 1400. The summed E-state index contributed by atoms with van der Waals surface area (Å²) in [7, 11) is 0. The third-order valence-corrected chi connectivity index (χ3v) is 6.20. The van der Waals surface area contributed by atoms with E-state index in [9.17, 15) is 0 Å². The number of halogens is 3.